The van der Waals surface area contributed by atoms with Crippen LogP contribution in [0.3, 0.4) is 0 Å². The maximum Gasteiger partial charge on any atom is 0.417 e. The van der Waals surface area contributed by atoms with Crippen LogP contribution in [0, 0.1) is 0 Å². The van der Waals surface area contributed by atoms with Gasteiger partial charge in [-0.1, -0.05) is 23.2 Å². The number of hydrogen-bond donors (Lipinski definition) is 1. The molecule has 0 unspecified atom stereocenters. The minimum absolute atomic E-state index is 0.0124. The molecule has 0 saturated carbocycles. The predicted octanol–water partition coefficient (Wildman–Crippen LogP) is 3.79. The van der Waals surface area contributed by atoms with Crippen molar-refractivity contribution in [2.45, 2.75) is 11.1 Å². The van der Waals surface area contributed by atoms with E-state index in [2.05, 4.69) is 5.10 Å². The number of ether oxygens (including phenoxy) is 1. The molecule has 154 valence electrons. The van der Waals surface area contributed by atoms with Crippen molar-refractivity contribution in [3.63, 3.8) is 0 Å². The fraction of sp³-hybridized carbons (Fsp3) is 0.125. The van der Waals surface area contributed by atoms with E-state index in [1.54, 1.807) is 4.72 Å². The van der Waals surface area contributed by atoms with Gasteiger partial charge in [0.05, 0.1) is 28.2 Å². The van der Waals surface area contributed by atoms with Gasteiger partial charge < -0.3 is 4.74 Å². The summed E-state index contributed by atoms with van der Waals surface area (Å²) < 4.78 is 71.1. The first-order chi connectivity index (χ1) is 13.4. The number of rotatable bonds is 4. The standard InChI is InChI=1S/C16H10Cl2F3N3O4S/c1-28-9-2-3-10(17)14(5-9)29(26,27)23-15(25)12-6-13-11(18)4-8(16(19,20)21)7-24(13)22-12/h2-7H,1H3,(H,23,25). The Bertz CT molecular complexity index is 1230. The number of alkyl halides is 3. The molecule has 1 amide bonds. The zero-order valence-electron chi connectivity index (χ0n) is 14.3. The van der Waals surface area contributed by atoms with Crippen LogP contribution < -0.4 is 9.46 Å². The second-order valence-corrected chi connectivity index (χ2v) is 8.13. The Morgan fingerprint density at radius 2 is 1.86 bits per heavy atom. The Balaban J connectivity index is 1.97. The molecule has 0 aliphatic heterocycles. The van der Waals surface area contributed by atoms with Crippen molar-refractivity contribution in [1.29, 1.82) is 0 Å². The molecule has 0 radical (unpaired) electrons. The van der Waals surface area contributed by atoms with Gasteiger partial charge in [-0.05, 0) is 24.3 Å². The number of carbonyl (C=O) groups is 1. The molecule has 13 heteroatoms. The summed E-state index contributed by atoms with van der Waals surface area (Å²) in [7, 11) is -3.11. The van der Waals surface area contributed by atoms with Gasteiger partial charge in [0.1, 0.15) is 10.6 Å². The monoisotopic (exact) mass is 467 g/mol. The molecule has 0 spiro atoms. The lowest BCUT2D eigenvalue weighted by molar-refractivity contribution is -0.137. The van der Waals surface area contributed by atoms with Crippen LogP contribution in [0.15, 0.2) is 41.4 Å². The van der Waals surface area contributed by atoms with Crippen LogP contribution in [-0.2, 0) is 16.2 Å². The van der Waals surface area contributed by atoms with Crippen molar-refractivity contribution >= 4 is 44.6 Å². The highest BCUT2D eigenvalue weighted by molar-refractivity contribution is 7.90. The number of fused-ring (bicyclic) bond motifs is 1. The van der Waals surface area contributed by atoms with E-state index in [0.29, 0.717) is 12.3 Å². The average molecular weight is 468 g/mol. The van der Waals surface area contributed by atoms with Gasteiger partial charge in [-0.15, -0.1) is 0 Å². The number of methoxy groups -OCH3 is 1. The van der Waals surface area contributed by atoms with Gasteiger partial charge >= 0.3 is 6.18 Å². The van der Waals surface area contributed by atoms with E-state index in [-0.39, 0.29) is 21.3 Å². The Labute approximate surface area is 172 Å². The van der Waals surface area contributed by atoms with Crippen LogP contribution >= 0.6 is 23.2 Å². The molecule has 3 rings (SSSR count). The molecule has 2 heterocycles. The fourth-order valence-electron chi connectivity index (χ4n) is 2.36. The molecular formula is C16H10Cl2F3N3O4S. The largest absolute Gasteiger partial charge is 0.497 e. The van der Waals surface area contributed by atoms with Gasteiger partial charge in [-0.2, -0.15) is 18.3 Å². The van der Waals surface area contributed by atoms with Crippen molar-refractivity contribution in [3.8, 4) is 5.75 Å². The average Bonchev–Trinajstić information content (AvgIpc) is 3.06. The van der Waals surface area contributed by atoms with E-state index in [9.17, 15) is 26.4 Å². The van der Waals surface area contributed by atoms with E-state index in [4.69, 9.17) is 27.9 Å². The maximum absolute atomic E-state index is 12.9. The van der Waals surface area contributed by atoms with E-state index >= 15 is 0 Å². The number of halogens is 5. The van der Waals surface area contributed by atoms with Crippen molar-refractivity contribution in [2.75, 3.05) is 7.11 Å². The number of sulfonamides is 1. The summed E-state index contributed by atoms with van der Waals surface area (Å²) in [4.78, 5) is 11.9. The lowest BCUT2D eigenvalue weighted by atomic mass is 10.2. The zero-order valence-corrected chi connectivity index (χ0v) is 16.6. The third-order valence-corrected chi connectivity index (χ3v) is 5.85. The van der Waals surface area contributed by atoms with Gasteiger partial charge in [0.25, 0.3) is 15.9 Å². The fourth-order valence-corrected chi connectivity index (χ4v) is 4.10. The van der Waals surface area contributed by atoms with Crippen molar-refractivity contribution in [1.82, 2.24) is 14.3 Å². The molecule has 0 saturated heterocycles. The normalized spacial score (nSPS) is 12.2. The molecule has 1 aromatic carbocycles. The first-order valence-electron chi connectivity index (χ1n) is 7.59. The molecule has 0 fully saturated rings. The third-order valence-electron chi connectivity index (χ3n) is 3.74. The Hall–Kier alpha value is -2.50. The molecule has 0 aliphatic carbocycles. The van der Waals surface area contributed by atoms with Gasteiger partial charge in [0, 0.05) is 12.3 Å². The van der Waals surface area contributed by atoms with Crippen molar-refractivity contribution < 1.29 is 31.1 Å². The van der Waals surface area contributed by atoms with Crippen LogP contribution in [0.5, 0.6) is 5.75 Å². The van der Waals surface area contributed by atoms with Crippen LogP contribution in [0.25, 0.3) is 5.52 Å². The molecule has 2 aromatic heterocycles. The zero-order chi connectivity index (χ0) is 21.6. The molecule has 0 atom stereocenters. The van der Waals surface area contributed by atoms with E-state index < -0.39 is 38.3 Å². The van der Waals surface area contributed by atoms with Gasteiger partial charge in [0.2, 0.25) is 0 Å². The Morgan fingerprint density at radius 1 is 1.17 bits per heavy atom. The van der Waals surface area contributed by atoms with Crippen molar-refractivity contribution in [2.24, 2.45) is 0 Å². The van der Waals surface area contributed by atoms with E-state index in [1.807, 2.05) is 0 Å². The third kappa shape index (κ3) is 4.26. The maximum atomic E-state index is 12.9. The minimum Gasteiger partial charge on any atom is -0.497 e. The highest BCUT2D eigenvalue weighted by Gasteiger charge is 2.32. The number of pyridine rings is 1. The first-order valence-corrected chi connectivity index (χ1v) is 9.83. The van der Waals surface area contributed by atoms with E-state index in [0.717, 1.165) is 16.6 Å². The highest BCUT2D eigenvalue weighted by atomic mass is 35.5. The number of aromatic nitrogens is 2. The Morgan fingerprint density at radius 3 is 2.48 bits per heavy atom. The smallest absolute Gasteiger partial charge is 0.417 e. The lowest BCUT2D eigenvalue weighted by Gasteiger charge is -2.09. The molecule has 3 aromatic rings. The molecule has 29 heavy (non-hydrogen) atoms. The van der Waals surface area contributed by atoms with Crippen LogP contribution in [0.1, 0.15) is 16.1 Å². The topological polar surface area (TPSA) is 89.8 Å². The first kappa shape index (κ1) is 21.2. The summed E-state index contributed by atoms with van der Waals surface area (Å²) in [6.07, 6.45) is -4.05. The van der Waals surface area contributed by atoms with Crippen LogP contribution in [-0.4, -0.2) is 31.0 Å². The second kappa shape index (κ2) is 7.39. The molecule has 1 N–H and O–H groups in total. The number of nitrogens with one attached hydrogen (secondary N) is 1. The number of amides is 1. The molecular weight excluding hydrogens is 458 g/mol. The van der Waals surface area contributed by atoms with Crippen LogP contribution in [0.2, 0.25) is 10.0 Å². The van der Waals surface area contributed by atoms with Crippen LogP contribution in [0.4, 0.5) is 13.2 Å². The summed E-state index contributed by atoms with van der Waals surface area (Å²) in [6.45, 7) is 0. The van der Waals surface area contributed by atoms with Gasteiger partial charge in [-0.3, -0.25) is 4.79 Å². The predicted molar refractivity (Wildman–Crippen MR) is 97.9 cm³/mol. The lowest BCUT2D eigenvalue weighted by Crippen LogP contribution is -2.31. The van der Waals surface area contributed by atoms with E-state index in [1.165, 1.54) is 19.2 Å². The molecule has 0 bridgehead atoms. The number of benzene rings is 1. The Kier molecular flexibility index (Phi) is 5.41. The number of hydrogen-bond acceptors (Lipinski definition) is 5. The van der Waals surface area contributed by atoms with Gasteiger partial charge in [0.15, 0.2) is 5.69 Å². The summed E-state index contributed by atoms with van der Waals surface area (Å²) in [5.74, 6) is -1.00. The van der Waals surface area contributed by atoms with Crippen molar-refractivity contribution in [3.05, 3.63) is 57.8 Å². The quantitative estimate of drug-likeness (QED) is 0.630. The molecule has 0 aliphatic rings. The minimum atomic E-state index is -4.68. The SMILES string of the molecule is COc1ccc(Cl)c(S(=O)(=O)NC(=O)c2cc3c(Cl)cc(C(F)(F)F)cn3n2)c1. The summed E-state index contributed by atoms with van der Waals surface area (Å²) in [6, 6.07) is 5.52. The number of nitrogens with zero attached hydrogens (tertiary/aromatic N) is 2. The summed E-state index contributed by atoms with van der Waals surface area (Å²) in [5.41, 5.74) is -1.56. The molecule has 7 nitrogen and oxygen atoms in total. The van der Waals surface area contributed by atoms with Gasteiger partial charge in [-0.25, -0.2) is 17.7 Å². The second-order valence-electron chi connectivity index (χ2n) is 5.66. The summed E-state index contributed by atoms with van der Waals surface area (Å²) >= 11 is 11.7. The summed E-state index contributed by atoms with van der Waals surface area (Å²) in [5, 5.41) is 3.20. The highest BCUT2D eigenvalue weighted by Crippen LogP contribution is 2.32. The number of carbonyl (C=O) groups excluding carboxylic acids is 1.